The van der Waals surface area contributed by atoms with Crippen molar-refractivity contribution >= 4 is 35.4 Å². The maximum atomic E-state index is 14.0. The number of nitrogens with one attached hydrogen (secondary N) is 1. The van der Waals surface area contributed by atoms with Gasteiger partial charge in [-0.25, -0.2) is 9.18 Å². The van der Waals surface area contributed by atoms with Gasteiger partial charge in [-0.15, -0.1) is 0 Å². The van der Waals surface area contributed by atoms with Gasteiger partial charge in [0.05, 0.1) is 11.1 Å². The van der Waals surface area contributed by atoms with E-state index in [1.807, 2.05) is 25.1 Å². The minimum Gasteiger partial charge on any atom is -0.478 e. The van der Waals surface area contributed by atoms with Crippen LogP contribution >= 0.6 is 0 Å². The van der Waals surface area contributed by atoms with Gasteiger partial charge in [-0.3, -0.25) is 9.59 Å². The van der Waals surface area contributed by atoms with Crippen molar-refractivity contribution in [1.29, 1.82) is 0 Å². The Morgan fingerprint density at radius 1 is 1.21 bits per heavy atom. The zero-order valence-corrected chi connectivity index (χ0v) is 18.9. The van der Waals surface area contributed by atoms with Crippen LogP contribution in [0.25, 0.3) is 12.2 Å². The van der Waals surface area contributed by atoms with Crippen LogP contribution in [0, 0.1) is 5.82 Å². The summed E-state index contributed by atoms with van der Waals surface area (Å²) < 4.78 is 14.0. The normalized spacial score (nSPS) is 13.2. The molecule has 0 heterocycles. The van der Waals surface area contributed by atoms with E-state index < -0.39 is 11.8 Å². The highest BCUT2D eigenvalue weighted by Crippen LogP contribution is 2.30. The zero-order valence-electron chi connectivity index (χ0n) is 18.9. The van der Waals surface area contributed by atoms with Crippen LogP contribution in [0.3, 0.4) is 0 Å². The van der Waals surface area contributed by atoms with Gasteiger partial charge in [-0.1, -0.05) is 18.2 Å². The third-order valence-electron chi connectivity index (χ3n) is 5.54. The summed E-state index contributed by atoms with van der Waals surface area (Å²) in [6, 6.07) is 7.22. The fourth-order valence-electron chi connectivity index (χ4n) is 3.79. The molecule has 0 unspecified atom stereocenters. The number of ketones is 2. The Morgan fingerprint density at radius 3 is 2.64 bits per heavy atom. The summed E-state index contributed by atoms with van der Waals surface area (Å²) in [5, 5.41) is 12.2. The molecule has 2 aromatic rings. The van der Waals surface area contributed by atoms with Crippen molar-refractivity contribution in [2.45, 2.75) is 19.3 Å². The lowest BCUT2D eigenvalue weighted by Crippen LogP contribution is -2.21. The third-order valence-corrected chi connectivity index (χ3v) is 5.54. The lowest BCUT2D eigenvalue weighted by molar-refractivity contribution is -0.120. The molecule has 6 nitrogen and oxygen atoms in total. The molecule has 1 aliphatic rings. The number of hydrogen-bond acceptors (Lipinski definition) is 5. The first kappa shape index (κ1) is 24.1. The molecule has 0 radical (unpaired) electrons. The highest BCUT2D eigenvalue weighted by Gasteiger charge is 2.26. The molecule has 0 saturated carbocycles. The number of rotatable bonds is 9. The fourth-order valence-corrected chi connectivity index (χ4v) is 3.79. The van der Waals surface area contributed by atoms with E-state index in [-0.39, 0.29) is 35.5 Å². The number of Topliss-reactive ketones (excluding diaryl/α,β-unsaturated/α-hetero) is 2. The molecule has 3 rings (SSSR count). The second-order valence-corrected chi connectivity index (χ2v) is 8.24. The van der Waals surface area contributed by atoms with Crippen LogP contribution in [0.1, 0.15) is 39.0 Å². The molecule has 2 N–H and O–H groups in total. The Balaban J connectivity index is 1.91. The van der Waals surface area contributed by atoms with E-state index >= 15 is 0 Å². The number of carboxylic acid groups (broad SMARTS) is 1. The fraction of sp³-hybridized carbons (Fsp3) is 0.269. The molecule has 1 aliphatic carbocycles. The molecular formula is C26H27FN2O4. The molecule has 0 aliphatic heterocycles. The van der Waals surface area contributed by atoms with E-state index in [1.165, 1.54) is 30.3 Å². The van der Waals surface area contributed by atoms with Gasteiger partial charge >= 0.3 is 5.97 Å². The van der Waals surface area contributed by atoms with Crippen LogP contribution in [0.2, 0.25) is 0 Å². The number of hydrogen-bond donors (Lipinski definition) is 2. The van der Waals surface area contributed by atoms with Crippen molar-refractivity contribution in [2.75, 3.05) is 33.0 Å². The SMILES string of the molecule is CNc1cc(F)cc2c1CC(=O)C(C(=O)Cc1ccc(C(=O)O)cc1/C=C/CCN(C)C)=C2. The average molecular weight is 451 g/mol. The van der Waals surface area contributed by atoms with Gasteiger partial charge in [-0.2, -0.15) is 0 Å². The van der Waals surface area contributed by atoms with Crippen LogP contribution in [0.4, 0.5) is 10.1 Å². The summed E-state index contributed by atoms with van der Waals surface area (Å²) in [7, 11) is 5.57. The van der Waals surface area contributed by atoms with Crippen LogP contribution in [-0.2, 0) is 22.4 Å². The first-order valence-electron chi connectivity index (χ1n) is 10.7. The Kier molecular flexibility index (Phi) is 7.55. The van der Waals surface area contributed by atoms with Crippen molar-refractivity contribution in [3.63, 3.8) is 0 Å². The Labute approximate surface area is 192 Å². The summed E-state index contributed by atoms with van der Waals surface area (Å²) in [4.78, 5) is 39.2. The van der Waals surface area contributed by atoms with Crippen molar-refractivity contribution in [3.8, 4) is 0 Å². The van der Waals surface area contributed by atoms with E-state index in [4.69, 9.17) is 0 Å². The Hall–Kier alpha value is -3.58. The Bertz CT molecular complexity index is 1170. The molecule has 172 valence electrons. The number of carbonyl (C=O) groups is 3. The van der Waals surface area contributed by atoms with Crippen molar-refractivity contribution < 1.29 is 23.9 Å². The lowest BCUT2D eigenvalue weighted by Gasteiger charge is -2.19. The van der Waals surface area contributed by atoms with Gasteiger partial charge in [-0.05, 0) is 73.1 Å². The second kappa shape index (κ2) is 10.4. The molecule has 0 amide bonds. The number of anilines is 1. The van der Waals surface area contributed by atoms with E-state index in [2.05, 4.69) is 5.32 Å². The smallest absolute Gasteiger partial charge is 0.335 e. The molecule has 0 aromatic heterocycles. The standard InChI is InChI=1S/C26H27FN2O4/c1-28-23-14-20(27)11-19-12-22(25(31)15-21(19)23)24(30)13-17-7-8-18(26(32)33)10-16(17)6-4-5-9-29(2)3/h4,6-8,10-12,14,28H,5,9,13,15H2,1-3H3,(H,32,33)/b6-4+. The highest BCUT2D eigenvalue weighted by molar-refractivity contribution is 6.25. The Morgan fingerprint density at radius 2 is 1.97 bits per heavy atom. The van der Waals surface area contributed by atoms with E-state index in [1.54, 1.807) is 19.2 Å². The molecule has 0 fully saturated rings. The minimum absolute atomic E-state index is 0.0125. The second-order valence-electron chi connectivity index (χ2n) is 8.24. The number of fused-ring (bicyclic) bond motifs is 1. The van der Waals surface area contributed by atoms with Gasteiger partial charge in [0.2, 0.25) is 0 Å². The first-order valence-corrected chi connectivity index (χ1v) is 10.7. The molecule has 2 aromatic carbocycles. The predicted octanol–water partition coefficient (Wildman–Crippen LogP) is 3.85. The van der Waals surface area contributed by atoms with Gasteiger partial charge in [0.25, 0.3) is 0 Å². The summed E-state index contributed by atoms with van der Waals surface area (Å²) in [5.74, 6) is -2.21. The van der Waals surface area contributed by atoms with Crippen LogP contribution in [0.15, 0.2) is 42.0 Å². The lowest BCUT2D eigenvalue weighted by atomic mass is 9.86. The van der Waals surface area contributed by atoms with E-state index in [0.29, 0.717) is 27.9 Å². The van der Waals surface area contributed by atoms with Crippen LogP contribution in [0.5, 0.6) is 0 Å². The monoisotopic (exact) mass is 450 g/mol. The predicted molar refractivity (Wildman–Crippen MR) is 127 cm³/mol. The van der Waals surface area contributed by atoms with Gasteiger partial charge in [0, 0.05) is 32.1 Å². The number of halogens is 1. The summed E-state index contributed by atoms with van der Waals surface area (Å²) in [6.07, 6.45) is 5.90. The molecule has 0 bridgehead atoms. The minimum atomic E-state index is -1.06. The summed E-state index contributed by atoms with van der Waals surface area (Å²) >= 11 is 0. The summed E-state index contributed by atoms with van der Waals surface area (Å²) in [6.45, 7) is 0.829. The van der Waals surface area contributed by atoms with E-state index in [0.717, 1.165) is 13.0 Å². The van der Waals surface area contributed by atoms with Crippen LogP contribution < -0.4 is 5.32 Å². The van der Waals surface area contributed by atoms with E-state index in [9.17, 15) is 23.9 Å². The van der Waals surface area contributed by atoms with Crippen molar-refractivity contribution in [1.82, 2.24) is 4.90 Å². The number of allylic oxidation sites excluding steroid dienone is 1. The number of nitrogens with zero attached hydrogens (tertiary/aromatic N) is 1. The average Bonchev–Trinajstić information content (AvgIpc) is 2.76. The van der Waals surface area contributed by atoms with Gasteiger partial charge in [0.1, 0.15) is 5.82 Å². The largest absolute Gasteiger partial charge is 0.478 e. The highest BCUT2D eigenvalue weighted by atomic mass is 19.1. The molecular weight excluding hydrogens is 423 g/mol. The third kappa shape index (κ3) is 5.81. The summed E-state index contributed by atoms with van der Waals surface area (Å²) in [5.41, 5.74) is 3.09. The number of carbonyl (C=O) groups excluding carboxylic acids is 2. The van der Waals surface area contributed by atoms with Crippen molar-refractivity contribution in [3.05, 3.63) is 75.6 Å². The zero-order chi connectivity index (χ0) is 24.1. The molecule has 0 atom stereocenters. The van der Waals surface area contributed by atoms with Crippen molar-refractivity contribution in [2.24, 2.45) is 0 Å². The molecule has 7 heteroatoms. The maximum absolute atomic E-state index is 14.0. The maximum Gasteiger partial charge on any atom is 0.335 e. The molecule has 33 heavy (non-hydrogen) atoms. The topological polar surface area (TPSA) is 86.7 Å². The van der Waals surface area contributed by atoms with Gasteiger partial charge < -0.3 is 15.3 Å². The number of carboxylic acids is 1. The number of aromatic carboxylic acids is 1. The first-order chi connectivity index (χ1) is 15.7. The molecule has 0 saturated heterocycles. The van der Waals surface area contributed by atoms with Gasteiger partial charge in [0.15, 0.2) is 11.6 Å². The molecule has 0 spiro atoms. The number of benzene rings is 2. The quantitative estimate of drug-likeness (QED) is 0.565. The van der Waals surface area contributed by atoms with Crippen LogP contribution in [-0.4, -0.2) is 55.2 Å².